The van der Waals surface area contributed by atoms with Gasteiger partial charge < -0.3 is 10.1 Å². The van der Waals surface area contributed by atoms with E-state index in [-0.39, 0.29) is 23.8 Å². The number of rotatable bonds is 6. The van der Waals surface area contributed by atoms with Gasteiger partial charge in [0, 0.05) is 5.56 Å². The molecule has 0 aliphatic carbocycles. The molecule has 0 spiro atoms. The first-order valence-corrected chi connectivity index (χ1v) is 9.24. The van der Waals surface area contributed by atoms with E-state index < -0.39 is 5.91 Å². The van der Waals surface area contributed by atoms with Crippen LogP contribution < -0.4 is 20.9 Å². The standard InChI is InChI=1S/C23H21N3O4/c1-30-18-13-11-17(12-14-18)22(28)24-20-10-6-5-9-19(20)23(29)26-25-21(27)15-16-7-3-2-4-8-16/h2-14H,15H2,1H3,(H,24,28)(H,25,27)(H,26,29). The molecule has 7 heteroatoms. The fourth-order valence-electron chi connectivity index (χ4n) is 2.75. The average molecular weight is 403 g/mol. The number of carbonyl (C=O) groups is 3. The van der Waals surface area contributed by atoms with Crippen LogP contribution >= 0.6 is 0 Å². The Morgan fingerprint density at radius 2 is 1.43 bits per heavy atom. The molecule has 0 bridgehead atoms. The summed E-state index contributed by atoms with van der Waals surface area (Å²) in [5, 5.41) is 2.72. The minimum Gasteiger partial charge on any atom is -0.497 e. The molecule has 0 aliphatic rings. The number of nitrogens with one attached hydrogen (secondary N) is 3. The molecule has 0 fully saturated rings. The van der Waals surface area contributed by atoms with Crippen molar-refractivity contribution in [3.05, 3.63) is 95.6 Å². The molecule has 3 aromatic rings. The first-order valence-electron chi connectivity index (χ1n) is 9.24. The Morgan fingerprint density at radius 1 is 0.767 bits per heavy atom. The molecule has 0 aliphatic heterocycles. The van der Waals surface area contributed by atoms with E-state index in [1.807, 2.05) is 30.3 Å². The number of methoxy groups -OCH3 is 1. The topological polar surface area (TPSA) is 96.5 Å². The van der Waals surface area contributed by atoms with Gasteiger partial charge in [0.25, 0.3) is 11.8 Å². The van der Waals surface area contributed by atoms with E-state index in [0.717, 1.165) is 5.56 Å². The van der Waals surface area contributed by atoms with Gasteiger partial charge in [0.05, 0.1) is 24.8 Å². The molecule has 0 unspecified atom stereocenters. The summed E-state index contributed by atoms with van der Waals surface area (Å²) in [6, 6.07) is 22.3. The van der Waals surface area contributed by atoms with Crippen molar-refractivity contribution in [3.8, 4) is 5.75 Å². The minimum atomic E-state index is -0.540. The second-order valence-electron chi connectivity index (χ2n) is 6.39. The minimum absolute atomic E-state index is 0.136. The molecular weight excluding hydrogens is 382 g/mol. The molecular formula is C23H21N3O4. The van der Waals surface area contributed by atoms with Gasteiger partial charge in [0.2, 0.25) is 5.91 Å². The highest BCUT2D eigenvalue weighted by atomic mass is 16.5. The number of ether oxygens (including phenoxy) is 1. The zero-order chi connectivity index (χ0) is 21.3. The van der Waals surface area contributed by atoms with Crippen LogP contribution in [0.2, 0.25) is 0 Å². The number of amides is 3. The fourth-order valence-corrected chi connectivity index (χ4v) is 2.75. The van der Waals surface area contributed by atoms with Crippen LogP contribution in [0.1, 0.15) is 26.3 Å². The van der Waals surface area contributed by atoms with Crippen LogP contribution in [0.4, 0.5) is 5.69 Å². The van der Waals surface area contributed by atoms with Crippen molar-refractivity contribution in [1.82, 2.24) is 10.9 Å². The van der Waals surface area contributed by atoms with E-state index in [4.69, 9.17) is 4.74 Å². The maximum Gasteiger partial charge on any atom is 0.271 e. The van der Waals surface area contributed by atoms with Gasteiger partial charge in [-0.3, -0.25) is 25.2 Å². The normalized spacial score (nSPS) is 10.0. The highest BCUT2D eigenvalue weighted by molar-refractivity contribution is 6.09. The van der Waals surface area contributed by atoms with Crippen molar-refractivity contribution >= 4 is 23.4 Å². The van der Waals surface area contributed by atoms with Crippen molar-refractivity contribution in [3.63, 3.8) is 0 Å². The second-order valence-corrected chi connectivity index (χ2v) is 6.39. The molecule has 3 N–H and O–H groups in total. The van der Waals surface area contributed by atoms with Gasteiger partial charge in [-0.05, 0) is 42.0 Å². The van der Waals surface area contributed by atoms with Gasteiger partial charge in [-0.15, -0.1) is 0 Å². The lowest BCUT2D eigenvalue weighted by atomic mass is 10.1. The maximum absolute atomic E-state index is 12.5. The summed E-state index contributed by atoms with van der Waals surface area (Å²) < 4.78 is 5.08. The average Bonchev–Trinajstić information content (AvgIpc) is 2.78. The highest BCUT2D eigenvalue weighted by Gasteiger charge is 2.15. The third kappa shape index (κ3) is 5.45. The van der Waals surface area contributed by atoms with Crippen LogP contribution in [-0.4, -0.2) is 24.8 Å². The summed E-state index contributed by atoms with van der Waals surface area (Å²) in [5.41, 5.74) is 6.57. The third-order valence-electron chi connectivity index (χ3n) is 4.30. The van der Waals surface area contributed by atoms with E-state index in [9.17, 15) is 14.4 Å². The molecule has 0 heterocycles. The summed E-state index contributed by atoms with van der Waals surface area (Å²) in [6.45, 7) is 0. The summed E-state index contributed by atoms with van der Waals surface area (Å²) in [5.74, 6) is -0.625. The highest BCUT2D eigenvalue weighted by Crippen LogP contribution is 2.17. The van der Waals surface area contributed by atoms with Crippen molar-refractivity contribution in [1.29, 1.82) is 0 Å². The van der Waals surface area contributed by atoms with Crippen LogP contribution in [0.5, 0.6) is 5.75 Å². The van der Waals surface area contributed by atoms with Gasteiger partial charge in [-0.2, -0.15) is 0 Å². The zero-order valence-corrected chi connectivity index (χ0v) is 16.3. The number of carbonyl (C=O) groups excluding carboxylic acids is 3. The molecule has 7 nitrogen and oxygen atoms in total. The lowest BCUT2D eigenvalue weighted by molar-refractivity contribution is -0.121. The predicted molar refractivity (Wildman–Crippen MR) is 113 cm³/mol. The van der Waals surface area contributed by atoms with E-state index in [0.29, 0.717) is 17.0 Å². The van der Waals surface area contributed by atoms with E-state index in [1.54, 1.807) is 55.6 Å². The van der Waals surface area contributed by atoms with Crippen LogP contribution in [0.15, 0.2) is 78.9 Å². The van der Waals surface area contributed by atoms with Crippen molar-refractivity contribution < 1.29 is 19.1 Å². The molecule has 0 saturated heterocycles. The largest absolute Gasteiger partial charge is 0.497 e. The molecule has 3 amide bonds. The van der Waals surface area contributed by atoms with Crippen LogP contribution in [-0.2, 0) is 11.2 Å². The Hall–Kier alpha value is -4.13. The van der Waals surface area contributed by atoms with Crippen molar-refractivity contribution in [2.24, 2.45) is 0 Å². The Morgan fingerprint density at radius 3 is 2.13 bits per heavy atom. The lowest BCUT2D eigenvalue weighted by Gasteiger charge is -2.12. The van der Waals surface area contributed by atoms with Gasteiger partial charge in [-0.25, -0.2) is 0 Å². The first kappa shape index (κ1) is 20.6. The molecule has 0 saturated carbocycles. The Balaban J connectivity index is 1.62. The quantitative estimate of drug-likeness (QED) is 0.552. The second kappa shape index (κ2) is 9.88. The van der Waals surface area contributed by atoms with Gasteiger partial charge in [0.1, 0.15) is 5.75 Å². The fraction of sp³-hybridized carbons (Fsp3) is 0.0870. The van der Waals surface area contributed by atoms with Crippen LogP contribution in [0, 0.1) is 0 Å². The molecule has 0 atom stereocenters. The van der Waals surface area contributed by atoms with E-state index >= 15 is 0 Å². The van der Waals surface area contributed by atoms with Gasteiger partial charge in [0.15, 0.2) is 0 Å². The van der Waals surface area contributed by atoms with Gasteiger partial charge >= 0.3 is 0 Å². The summed E-state index contributed by atoms with van der Waals surface area (Å²) >= 11 is 0. The molecule has 3 rings (SSSR count). The molecule has 0 aromatic heterocycles. The van der Waals surface area contributed by atoms with E-state index in [1.165, 1.54) is 0 Å². The van der Waals surface area contributed by atoms with Crippen LogP contribution in [0.3, 0.4) is 0 Å². The molecule has 152 valence electrons. The van der Waals surface area contributed by atoms with Crippen molar-refractivity contribution in [2.75, 3.05) is 12.4 Å². The molecule has 0 radical (unpaired) electrons. The number of hydrogen-bond acceptors (Lipinski definition) is 4. The number of hydrogen-bond donors (Lipinski definition) is 3. The van der Waals surface area contributed by atoms with E-state index in [2.05, 4.69) is 16.2 Å². The summed E-state index contributed by atoms with van der Waals surface area (Å²) in [4.78, 5) is 37.1. The maximum atomic E-state index is 12.5. The lowest BCUT2D eigenvalue weighted by Crippen LogP contribution is -2.42. The number of anilines is 1. The first-order chi connectivity index (χ1) is 14.6. The number of hydrazine groups is 1. The predicted octanol–water partition coefficient (Wildman–Crippen LogP) is 2.95. The summed E-state index contributed by atoms with van der Waals surface area (Å²) in [6.07, 6.45) is 0.136. The summed E-state index contributed by atoms with van der Waals surface area (Å²) in [7, 11) is 1.54. The van der Waals surface area contributed by atoms with Crippen molar-refractivity contribution in [2.45, 2.75) is 6.42 Å². The zero-order valence-electron chi connectivity index (χ0n) is 16.3. The number of benzene rings is 3. The Kier molecular flexibility index (Phi) is 6.78. The van der Waals surface area contributed by atoms with Gasteiger partial charge in [-0.1, -0.05) is 42.5 Å². The Bertz CT molecular complexity index is 1030. The smallest absolute Gasteiger partial charge is 0.271 e. The third-order valence-corrected chi connectivity index (χ3v) is 4.30. The molecule has 30 heavy (non-hydrogen) atoms. The Labute approximate surface area is 174 Å². The SMILES string of the molecule is COc1ccc(C(=O)Nc2ccccc2C(=O)NNC(=O)Cc2ccccc2)cc1. The van der Waals surface area contributed by atoms with Crippen LogP contribution in [0.25, 0.3) is 0 Å². The monoisotopic (exact) mass is 403 g/mol. The number of para-hydroxylation sites is 1. The molecule has 3 aromatic carbocycles.